The third-order valence-electron chi connectivity index (χ3n) is 5.05. The van der Waals surface area contributed by atoms with Gasteiger partial charge in [0.1, 0.15) is 17.9 Å². The number of barbiturate groups is 1. The molecule has 0 bridgehead atoms. The molecule has 166 valence electrons. The lowest BCUT2D eigenvalue weighted by Crippen LogP contribution is -2.54. The molecule has 0 unspecified atom stereocenters. The summed E-state index contributed by atoms with van der Waals surface area (Å²) in [4.78, 5) is 38.9. The molecule has 0 atom stereocenters. The van der Waals surface area contributed by atoms with Crippen LogP contribution in [0, 0.1) is 6.92 Å². The zero-order chi connectivity index (χ0) is 23.5. The monoisotopic (exact) mass is 480 g/mol. The number of rotatable bonds is 5. The Labute approximate surface area is 200 Å². The Bertz CT molecular complexity index is 1300. The summed E-state index contributed by atoms with van der Waals surface area (Å²) in [6, 6.07) is 18.3. The fraction of sp³-hybridized carbons (Fsp3) is 0.0800. The molecule has 4 rings (SSSR count). The van der Waals surface area contributed by atoms with E-state index < -0.39 is 17.8 Å². The number of benzene rings is 3. The van der Waals surface area contributed by atoms with Crippen LogP contribution >= 0.6 is 23.2 Å². The predicted molar refractivity (Wildman–Crippen MR) is 127 cm³/mol. The van der Waals surface area contributed by atoms with Crippen molar-refractivity contribution < 1.29 is 19.1 Å². The molecule has 4 amide bonds. The lowest BCUT2D eigenvalue weighted by molar-refractivity contribution is -0.122. The van der Waals surface area contributed by atoms with Gasteiger partial charge in [-0.1, -0.05) is 53.5 Å². The number of hydrogen-bond acceptors (Lipinski definition) is 4. The van der Waals surface area contributed by atoms with Crippen molar-refractivity contribution in [1.82, 2.24) is 5.32 Å². The molecule has 6 nitrogen and oxygen atoms in total. The van der Waals surface area contributed by atoms with Crippen LogP contribution in [0.5, 0.6) is 5.75 Å². The van der Waals surface area contributed by atoms with Gasteiger partial charge >= 0.3 is 6.03 Å². The van der Waals surface area contributed by atoms with Crippen LogP contribution in [-0.4, -0.2) is 17.8 Å². The van der Waals surface area contributed by atoms with Crippen molar-refractivity contribution in [3.05, 3.63) is 99.0 Å². The minimum atomic E-state index is -0.828. The predicted octanol–water partition coefficient (Wildman–Crippen LogP) is 5.55. The molecule has 1 N–H and O–H groups in total. The molecule has 1 aliphatic rings. The summed E-state index contributed by atoms with van der Waals surface area (Å²) in [5.74, 6) is -0.961. The van der Waals surface area contributed by atoms with E-state index in [4.69, 9.17) is 27.9 Å². The molecular formula is C25H18Cl2N2O4. The van der Waals surface area contributed by atoms with Gasteiger partial charge in [-0.2, -0.15) is 0 Å². The smallest absolute Gasteiger partial charge is 0.335 e. The van der Waals surface area contributed by atoms with Crippen molar-refractivity contribution in [2.24, 2.45) is 0 Å². The average Bonchev–Trinajstić information content (AvgIpc) is 2.78. The lowest BCUT2D eigenvalue weighted by atomic mass is 10.1. The Hall–Kier alpha value is -3.61. The van der Waals surface area contributed by atoms with Crippen LogP contribution in [-0.2, 0) is 16.2 Å². The third-order valence-corrected chi connectivity index (χ3v) is 5.69. The molecule has 3 aromatic rings. The minimum absolute atomic E-state index is 0.180. The second kappa shape index (κ2) is 9.48. The molecule has 33 heavy (non-hydrogen) atoms. The van der Waals surface area contributed by atoms with Crippen LogP contribution in [0.1, 0.15) is 16.7 Å². The van der Waals surface area contributed by atoms with E-state index in [1.54, 1.807) is 55.5 Å². The fourth-order valence-electron chi connectivity index (χ4n) is 3.37. The first kappa shape index (κ1) is 22.6. The number of nitrogens with zero attached hydrogens (tertiary/aromatic N) is 1. The highest BCUT2D eigenvalue weighted by Crippen LogP contribution is 2.29. The highest BCUT2D eigenvalue weighted by atomic mass is 35.5. The molecule has 0 aliphatic carbocycles. The second-order valence-electron chi connectivity index (χ2n) is 7.33. The lowest BCUT2D eigenvalue weighted by Gasteiger charge is -2.27. The van der Waals surface area contributed by atoms with Crippen LogP contribution in [0.3, 0.4) is 0 Å². The van der Waals surface area contributed by atoms with E-state index in [9.17, 15) is 14.4 Å². The van der Waals surface area contributed by atoms with Gasteiger partial charge in [0, 0.05) is 10.0 Å². The highest BCUT2D eigenvalue weighted by Gasteiger charge is 2.37. The Balaban J connectivity index is 1.60. The third kappa shape index (κ3) is 4.92. The maximum Gasteiger partial charge on any atom is 0.335 e. The minimum Gasteiger partial charge on any atom is -0.489 e. The molecule has 0 radical (unpaired) electrons. The summed E-state index contributed by atoms with van der Waals surface area (Å²) >= 11 is 12.2. The first-order valence-corrected chi connectivity index (χ1v) is 10.7. The molecule has 0 aromatic heterocycles. The van der Waals surface area contributed by atoms with Crippen LogP contribution in [0.15, 0.2) is 72.3 Å². The number of carbonyl (C=O) groups is 3. The Kier molecular flexibility index (Phi) is 6.49. The number of urea groups is 1. The number of halogens is 2. The fourth-order valence-corrected chi connectivity index (χ4v) is 3.75. The summed E-state index contributed by atoms with van der Waals surface area (Å²) in [6.07, 6.45) is 1.42. The topological polar surface area (TPSA) is 75.7 Å². The van der Waals surface area contributed by atoms with Gasteiger partial charge in [-0.05, 0) is 66.1 Å². The van der Waals surface area contributed by atoms with Gasteiger partial charge in [-0.25, -0.2) is 9.69 Å². The number of hydrogen-bond donors (Lipinski definition) is 1. The van der Waals surface area contributed by atoms with E-state index in [2.05, 4.69) is 5.32 Å². The van der Waals surface area contributed by atoms with E-state index in [0.29, 0.717) is 39.2 Å². The first-order valence-electron chi connectivity index (χ1n) is 9.97. The largest absolute Gasteiger partial charge is 0.489 e. The number of imide groups is 2. The molecule has 1 heterocycles. The molecule has 0 saturated carbocycles. The zero-order valence-electron chi connectivity index (χ0n) is 17.5. The van der Waals surface area contributed by atoms with Gasteiger partial charge in [0.25, 0.3) is 11.8 Å². The SMILES string of the molecule is Cc1c(Cl)cccc1N1C(=O)NC(=O)/C(=C/c2cccc(OCc3cccc(Cl)c3)c2)C1=O. The van der Waals surface area contributed by atoms with Crippen molar-refractivity contribution in [2.45, 2.75) is 13.5 Å². The van der Waals surface area contributed by atoms with Crippen molar-refractivity contribution >= 4 is 52.8 Å². The Morgan fingerprint density at radius 1 is 0.970 bits per heavy atom. The zero-order valence-corrected chi connectivity index (χ0v) is 19.0. The molecule has 1 saturated heterocycles. The number of amides is 4. The summed E-state index contributed by atoms with van der Waals surface area (Å²) in [6.45, 7) is 2.00. The van der Waals surface area contributed by atoms with Crippen LogP contribution in [0.4, 0.5) is 10.5 Å². The quantitative estimate of drug-likeness (QED) is 0.383. The summed E-state index contributed by atoms with van der Waals surface area (Å²) in [7, 11) is 0. The van der Waals surface area contributed by atoms with Crippen LogP contribution < -0.4 is 15.0 Å². The maximum atomic E-state index is 13.1. The Morgan fingerprint density at radius 2 is 1.73 bits per heavy atom. The van der Waals surface area contributed by atoms with Crippen LogP contribution in [0.25, 0.3) is 6.08 Å². The van der Waals surface area contributed by atoms with E-state index in [0.717, 1.165) is 10.5 Å². The summed E-state index contributed by atoms with van der Waals surface area (Å²) < 4.78 is 5.81. The van der Waals surface area contributed by atoms with Gasteiger partial charge in [-0.3, -0.25) is 14.9 Å². The van der Waals surface area contributed by atoms with Crippen molar-refractivity contribution in [3.63, 3.8) is 0 Å². The van der Waals surface area contributed by atoms with Gasteiger partial charge in [0.05, 0.1) is 5.69 Å². The van der Waals surface area contributed by atoms with Gasteiger partial charge < -0.3 is 4.74 Å². The molecular weight excluding hydrogens is 463 g/mol. The van der Waals surface area contributed by atoms with Crippen molar-refractivity contribution in [1.29, 1.82) is 0 Å². The van der Waals surface area contributed by atoms with E-state index in [-0.39, 0.29) is 5.57 Å². The van der Waals surface area contributed by atoms with Crippen molar-refractivity contribution in [3.8, 4) is 5.75 Å². The normalized spacial score (nSPS) is 15.1. The first-order chi connectivity index (χ1) is 15.8. The number of anilines is 1. The Morgan fingerprint density at radius 3 is 2.52 bits per heavy atom. The average molecular weight is 481 g/mol. The number of carbonyl (C=O) groups excluding carboxylic acids is 3. The number of nitrogens with one attached hydrogen (secondary N) is 1. The van der Waals surface area contributed by atoms with E-state index in [1.165, 1.54) is 6.08 Å². The molecule has 3 aromatic carbocycles. The highest BCUT2D eigenvalue weighted by molar-refractivity contribution is 6.40. The maximum absolute atomic E-state index is 13.1. The van der Waals surface area contributed by atoms with E-state index >= 15 is 0 Å². The molecule has 1 fully saturated rings. The summed E-state index contributed by atoms with van der Waals surface area (Å²) in [5, 5.41) is 3.23. The van der Waals surface area contributed by atoms with Crippen LogP contribution in [0.2, 0.25) is 10.0 Å². The van der Waals surface area contributed by atoms with Gasteiger partial charge in [0.15, 0.2) is 0 Å². The summed E-state index contributed by atoms with van der Waals surface area (Å²) in [5.41, 5.74) is 2.14. The molecule has 0 spiro atoms. The second-order valence-corrected chi connectivity index (χ2v) is 8.18. The van der Waals surface area contributed by atoms with Crippen molar-refractivity contribution in [2.75, 3.05) is 4.90 Å². The number of ether oxygens (including phenoxy) is 1. The van der Waals surface area contributed by atoms with Gasteiger partial charge in [0.2, 0.25) is 0 Å². The van der Waals surface area contributed by atoms with E-state index in [1.807, 2.05) is 18.2 Å². The standard InChI is InChI=1S/C25H18Cl2N2O4/c1-15-21(27)9-4-10-22(15)29-24(31)20(23(30)28-25(29)32)13-16-5-3-8-19(12-16)33-14-17-6-2-7-18(26)11-17/h2-13H,14H2,1H3,(H,28,30,32)/b20-13-. The molecule has 1 aliphatic heterocycles. The molecule has 8 heteroatoms. The van der Waals surface area contributed by atoms with Gasteiger partial charge in [-0.15, -0.1) is 0 Å².